The molecule has 0 aliphatic carbocycles. The first-order chi connectivity index (χ1) is 11.6. The van der Waals surface area contributed by atoms with Gasteiger partial charge in [0, 0.05) is 42.9 Å². The first-order valence-electron chi connectivity index (χ1n) is 8.31. The molecule has 1 aromatic heterocycles. The van der Waals surface area contributed by atoms with Gasteiger partial charge in [-0.15, -0.1) is 35.3 Å². The number of aromatic nitrogens is 1. The van der Waals surface area contributed by atoms with Crippen molar-refractivity contribution in [1.29, 1.82) is 0 Å². The second kappa shape index (κ2) is 11.3. The second-order valence-electron chi connectivity index (χ2n) is 5.74. The molecule has 0 spiro atoms. The minimum absolute atomic E-state index is 0. The van der Waals surface area contributed by atoms with Gasteiger partial charge in [0.2, 0.25) is 0 Å². The Morgan fingerprint density at radius 2 is 2.00 bits per heavy atom. The molecule has 2 rings (SSSR count). The van der Waals surface area contributed by atoms with Crippen molar-refractivity contribution in [3.05, 3.63) is 46.4 Å². The quantitative estimate of drug-likeness (QED) is 0.366. The number of hydrogen-bond donors (Lipinski definition) is 2. The number of para-hydroxylation sites is 1. The summed E-state index contributed by atoms with van der Waals surface area (Å²) in [6.07, 6.45) is 1.90. The van der Waals surface area contributed by atoms with Crippen LogP contribution in [0.15, 0.2) is 41.5 Å². The van der Waals surface area contributed by atoms with Gasteiger partial charge in [0.05, 0.1) is 6.54 Å². The SMILES string of the molecule is CCNC(=NCc1ncc(C)s1)NCC(C)N(C)c1ccccc1.I. The van der Waals surface area contributed by atoms with Gasteiger partial charge < -0.3 is 15.5 Å². The standard InChI is InChI=1S/C18H27N5S.HI/c1-5-19-18(22-13-17-20-12-15(3)24-17)21-11-14(2)23(4)16-9-7-6-8-10-16;/h6-10,12,14H,5,11,13H2,1-4H3,(H2,19,21,22);1H. The van der Waals surface area contributed by atoms with Gasteiger partial charge in [-0.3, -0.25) is 0 Å². The largest absolute Gasteiger partial charge is 0.370 e. The summed E-state index contributed by atoms with van der Waals surface area (Å²) in [5.74, 6) is 0.832. The maximum absolute atomic E-state index is 4.62. The van der Waals surface area contributed by atoms with Crippen LogP contribution in [0.2, 0.25) is 0 Å². The number of guanidine groups is 1. The van der Waals surface area contributed by atoms with Crippen LogP contribution in [-0.2, 0) is 6.54 Å². The normalized spacial score (nSPS) is 12.2. The zero-order valence-corrected chi connectivity index (χ0v) is 18.5. The highest BCUT2D eigenvalue weighted by atomic mass is 127. The maximum Gasteiger partial charge on any atom is 0.191 e. The number of hydrogen-bond acceptors (Lipinski definition) is 4. The maximum atomic E-state index is 4.62. The van der Waals surface area contributed by atoms with Gasteiger partial charge in [-0.05, 0) is 32.9 Å². The Bertz CT molecular complexity index is 644. The average molecular weight is 473 g/mol. The van der Waals surface area contributed by atoms with Crippen LogP contribution in [0.25, 0.3) is 0 Å². The number of anilines is 1. The Morgan fingerprint density at radius 3 is 2.60 bits per heavy atom. The summed E-state index contributed by atoms with van der Waals surface area (Å²) in [5, 5.41) is 7.75. The summed E-state index contributed by atoms with van der Waals surface area (Å²) in [4.78, 5) is 12.5. The Hall–Kier alpha value is -1.35. The molecular weight excluding hydrogens is 445 g/mol. The van der Waals surface area contributed by atoms with Crippen molar-refractivity contribution in [2.45, 2.75) is 33.4 Å². The summed E-state index contributed by atoms with van der Waals surface area (Å²) < 4.78 is 0. The lowest BCUT2D eigenvalue weighted by Gasteiger charge is -2.27. The van der Waals surface area contributed by atoms with E-state index < -0.39 is 0 Å². The third-order valence-corrected chi connectivity index (χ3v) is 4.67. The van der Waals surface area contributed by atoms with Crippen LogP contribution < -0.4 is 15.5 Å². The first-order valence-corrected chi connectivity index (χ1v) is 9.13. The lowest BCUT2D eigenvalue weighted by molar-refractivity contribution is 0.649. The lowest BCUT2D eigenvalue weighted by Crippen LogP contribution is -2.45. The summed E-state index contributed by atoms with van der Waals surface area (Å²) in [7, 11) is 2.12. The number of halogens is 1. The van der Waals surface area contributed by atoms with E-state index in [1.807, 2.05) is 12.3 Å². The predicted molar refractivity (Wildman–Crippen MR) is 119 cm³/mol. The average Bonchev–Trinajstić information content (AvgIpc) is 3.02. The molecule has 138 valence electrons. The van der Waals surface area contributed by atoms with E-state index in [1.54, 1.807) is 11.3 Å². The molecule has 1 aromatic carbocycles. The molecule has 1 heterocycles. The predicted octanol–water partition coefficient (Wildman–Crippen LogP) is 3.65. The third-order valence-electron chi connectivity index (χ3n) is 3.78. The fourth-order valence-corrected chi connectivity index (χ4v) is 2.97. The molecule has 2 N–H and O–H groups in total. The van der Waals surface area contributed by atoms with Crippen LogP contribution in [0.4, 0.5) is 5.69 Å². The Balaban J connectivity index is 0.00000312. The van der Waals surface area contributed by atoms with Gasteiger partial charge in [0.15, 0.2) is 5.96 Å². The minimum Gasteiger partial charge on any atom is -0.370 e. The number of likely N-dealkylation sites (N-methyl/N-ethyl adjacent to an activating group) is 1. The van der Waals surface area contributed by atoms with Crippen molar-refractivity contribution in [2.75, 3.05) is 25.0 Å². The number of aliphatic imine (C=N–C) groups is 1. The van der Waals surface area contributed by atoms with Crippen LogP contribution in [-0.4, -0.2) is 37.1 Å². The molecule has 1 atom stereocenters. The first kappa shape index (κ1) is 21.7. The van der Waals surface area contributed by atoms with Crippen LogP contribution >= 0.6 is 35.3 Å². The highest BCUT2D eigenvalue weighted by molar-refractivity contribution is 14.0. The van der Waals surface area contributed by atoms with E-state index in [-0.39, 0.29) is 24.0 Å². The Labute approximate surface area is 172 Å². The Kier molecular flexibility index (Phi) is 9.81. The highest BCUT2D eigenvalue weighted by Gasteiger charge is 2.10. The van der Waals surface area contributed by atoms with Gasteiger partial charge in [0.1, 0.15) is 5.01 Å². The molecule has 0 saturated heterocycles. The van der Waals surface area contributed by atoms with Gasteiger partial charge >= 0.3 is 0 Å². The molecule has 0 aliphatic heterocycles. The van der Waals surface area contributed by atoms with Crippen LogP contribution in [0.5, 0.6) is 0 Å². The fourth-order valence-electron chi connectivity index (χ4n) is 2.26. The number of rotatable bonds is 7. The van der Waals surface area contributed by atoms with Gasteiger partial charge in [-0.25, -0.2) is 9.98 Å². The molecule has 1 unspecified atom stereocenters. The van der Waals surface area contributed by atoms with E-state index in [4.69, 9.17) is 0 Å². The summed E-state index contributed by atoms with van der Waals surface area (Å²) >= 11 is 1.69. The van der Waals surface area contributed by atoms with Gasteiger partial charge in [-0.2, -0.15) is 0 Å². The number of thiazole rings is 1. The number of nitrogens with zero attached hydrogens (tertiary/aromatic N) is 3. The monoisotopic (exact) mass is 473 g/mol. The molecule has 0 radical (unpaired) electrons. The number of aryl methyl sites for hydroxylation is 1. The fraction of sp³-hybridized carbons (Fsp3) is 0.444. The molecule has 2 aromatic rings. The van der Waals surface area contributed by atoms with Crippen molar-refractivity contribution < 1.29 is 0 Å². The van der Waals surface area contributed by atoms with Crippen molar-refractivity contribution in [2.24, 2.45) is 4.99 Å². The van der Waals surface area contributed by atoms with E-state index in [2.05, 4.69) is 77.6 Å². The molecule has 0 saturated carbocycles. The van der Waals surface area contributed by atoms with E-state index in [0.717, 1.165) is 24.1 Å². The Morgan fingerprint density at radius 1 is 1.28 bits per heavy atom. The molecule has 5 nitrogen and oxygen atoms in total. The second-order valence-corrected chi connectivity index (χ2v) is 7.06. The highest BCUT2D eigenvalue weighted by Crippen LogP contribution is 2.14. The number of nitrogens with one attached hydrogen (secondary N) is 2. The molecular formula is C18H28IN5S. The molecule has 0 amide bonds. The van der Waals surface area contributed by atoms with E-state index >= 15 is 0 Å². The topological polar surface area (TPSA) is 52.6 Å². The molecule has 25 heavy (non-hydrogen) atoms. The zero-order valence-electron chi connectivity index (χ0n) is 15.3. The smallest absolute Gasteiger partial charge is 0.191 e. The van der Waals surface area contributed by atoms with Crippen molar-refractivity contribution >= 4 is 47.0 Å². The third kappa shape index (κ3) is 7.19. The summed E-state index contributed by atoms with van der Waals surface area (Å²) in [6.45, 7) is 8.60. The van der Waals surface area contributed by atoms with Crippen molar-refractivity contribution in [3.63, 3.8) is 0 Å². The van der Waals surface area contributed by atoms with Crippen molar-refractivity contribution in [3.8, 4) is 0 Å². The van der Waals surface area contributed by atoms with Crippen molar-refractivity contribution in [1.82, 2.24) is 15.6 Å². The molecule has 7 heteroatoms. The lowest BCUT2D eigenvalue weighted by atomic mass is 10.2. The van der Waals surface area contributed by atoms with E-state index in [1.165, 1.54) is 10.6 Å². The minimum atomic E-state index is 0. The van der Waals surface area contributed by atoms with Gasteiger partial charge in [-0.1, -0.05) is 18.2 Å². The van der Waals surface area contributed by atoms with Crippen LogP contribution in [0.3, 0.4) is 0 Å². The molecule has 0 bridgehead atoms. The summed E-state index contributed by atoms with van der Waals surface area (Å²) in [6, 6.07) is 10.8. The van der Waals surface area contributed by atoms with E-state index in [0.29, 0.717) is 12.6 Å². The van der Waals surface area contributed by atoms with Gasteiger partial charge in [0.25, 0.3) is 0 Å². The van der Waals surface area contributed by atoms with E-state index in [9.17, 15) is 0 Å². The molecule has 0 aliphatic rings. The van der Waals surface area contributed by atoms with Crippen LogP contribution in [0, 0.1) is 6.92 Å². The number of benzene rings is 1. The molecule has 0 fully saturated rings. The van der Waals surface area contributed by atoms with Crippen LogP contribution in [0.1, 0.15) is 23.7 Å². The summed E-state index contributed by atoms with van der Waals surface area (Å²) in [5.41, 5.74) is 1.21. The zero-order chi connectivity index (χ0) is 17.4.